The van der Waals surface area contributed by atoms with Gasteiger partial charge in [0.1, 0.15) is 0 Å². The Morgan fingerprint density at radius 3 is 2.86 bits per heavy atom. The van der Waals surface area contributed by atoms with Crippen LogP contribution in [0.1, 0.15) is 23.7 Å². The Kier molecular flexibility index (Phi) is 3.56. The number of aromatic nitrogens is 1. The van der Waals surface area contributed by atoms with E-state index in [9.17, 15) is 9.59 Å². The number of benzene rings is 1. The van der Waals surface area contributed by atoms with Crippen molar-refractivity contribution < 1.29 is 14.3 Å². The van der Waals surface area contributed by atoms with Gasteiger partial charge in [0.2, 0.25) is 0 Å². The molecule has 2 aromatic rings. The van der Waals surface area contributed by atoms with Crippen LogP contribution in [-0.4, -0.2) is 42.0 Å². The van der Waals surface area contributed by atoms with Crippen molar-refractivity contribution in [3.05, 3.63) is 42.1 Å². The molecule has 5 heteroatoms. The van der Waals surface area contributed by atoms with Gasteiger partial charge < -0.3 is 9.64 Å². The van der Waals surface area contributed by atoms with E-state index < -0.39 is 5.41 Å². The Labute approximate surface area is 128 Å². The molecule has 1 aromatic carbocycles. The molecule has 5 nitrogen and oxygen atoms in total. The van der Waals surface area contributed by atoms with Crippen molar-refractivity contribution in [3.8, 4) is 0 Å². The molecule has 3 rings (SSSR count). The molecule has 1 fully saturated rings. The first-order chi connectivity index (χ1) is 10.5. The van der Waals surface area contributed by atoms with Gasteiger partial charge in [-0.25, -0.2) is 0 Å². The lowest BCUT2D eigenvalue weighted by atomic mass is 9.90. The number of methoxy groups -OCH3 is 1. The number of carbonyl (C=O) groups excluding carboxylic acids is 2. The zero-order chi connectivity index (χ0) is 15.7. The van der Waals surface area contributed by atoms with E-state index in [2.05, 4.69) is 4.98 Å². The molecule has 0 aliphatic carbocycles. The molecule has 0 saturated carbocycles. The topological polar surface area (TPSA) is 59.5 Å². The largest absolute Gasteiger partial charge is 0.469 e. The van der Waals surface area contributed by atoms with Crippen molar-refractivity contribution in [2.24, 2.45) is 5.41 Å². The number of likely N-dealkylation sites (tertiary alicyclic amines) is 1. The zero-order valence-electron chi connectivity index (χ0n) is 12.7. The van der Waals surface area contributed by atoms with Crippen LogP contribution in [0.25, 0.3) is 10.9 Å². The third-order valence-electron chi connectivity index (χ3n) is 4.31. The van der Waals surface area contributed by atoms with Gasteiger partial charge in [0.25, 0.3) is 5.91 Å². The number of nitrogens with zero attached hydrogens (tertiary/aromatic N) is 2. The number of hydrogen-bond donors (Lipinski definition) is 0. The fourth-order valence-electron chi connectivity index (χ4n) is 3.01. The van der Waals surface area contributed by atoms with Gasteiger partial charge in [0.05, 0.1) is 18.0 Å². The normalized spacial score (nSPS) is 21.1. The zero-order valence-corrected chi connectivity index (χ0v) is 12.7. The van der Waals surface area contributed by atoms with Crippen LogP contribution in [0, 0.1) is 5.41 Å². The first-order valence-electron chi connectivity index (χ1n) is 7.26. The number of fused-ring (bicyclic) bond motifs is 1. The fraction of sp³-hybridized carbons (Fsp3) is 0.353. The highest BCUT2D eigenvalue weighted by Crippen LogP contribution is 2.32. The predicted molar refractivity (Wildman–Crippen MR) is 82.4 cm³/mol. The molecular weight excluding hydrogens is 280 g/mol. The summed E-state index contributed by atoms with van der Waals surface area (Å²) in [4.78, 5) is 30.7. The second kappa shape index (κ2) is 5.40. The molecule has 0 spiro atoms. The van der Waals surface area contributed by atoms with Crippen LogP contribution in [0.5, 0.6) is 0 Å². The van der Waals surface area contributed by atoms with Crippen molar-refractivity contribution in [3.63, 3.8) is 0 Å². The molecule has 114 valence electrons. The number of carbonyl (C=O) groups is 2. The monoisotopic (exact) mass is 298 g/mol. The summed E-state index contributed by atoms with van der Waals surface area (Å²) >= 11 is 0. The Hall–Kier alpha value is -2.43. The molecule has 2 heterocycles. The van der Waals surface area contributed by atoms with Gasteiger partial charge in [0.15, 0.2) is 0 Å². The van der Waals surface area contributed by atoms with Crippen molar-refractivity contribution in [1.29, 1.82) is 0 Å². The maximum atomic E-state index is 12.8. The third kappa shape index (κ3) is 2.32. The second-order valence-electron chi connectivity index (χ2n) is 5.90. The lowest BCUT2D eigenvalue weighted by Crippen LogP contribution is -2.35. The Balaban J connectivity index is 1.90. The number of ether oxygens (including phenoxy) is 1. The molecule has 1 aromatic heterocycles. The second-order valence-corrected chi connectivity index (χ2v) is 5.90. The third-order valence-corrected chi connectivity index (χ3v) is 4.31. The van der Waals surface area contributed by atoms with Crippen LogP contribution in [0.15, 0.2) is 36.5 Å². The van der Waals surface area contributed by atoms with E-state index in [1.165, 1.54) is 7.11 Å². The average molecular weight is 298 g/mol. The summed E-state index contributed by atoms with van der Waals surface area (Å²) in [5.41, 5.74) is 0.802. The minimum Gasteiger partial charge on any atom is -0.469 e. The van der Waals surface area contributed by atoms with Crippen molar-refractivity contribution >= 4 is 22.8 Å². The predicted octanol–water partition coefficient (Wildman–Crippen LogP) is 2.26. The fourth-order valence-corrected chi connectivity index (χ4v) is 3.01. The van der Waals surface area contributed by atoms with E-state index in [0.717, 1.165) is 10.9 Å². The Bertz CT molecular complexity index is 738. The van der Waals surface area contributed by atoms with Crippen molar-refractivity contribution in [2.45, 2.75) is 13.3 Å². The summed E-state index contributed by atoms with van der Waals surface area (Å²) in [6, 6.07) is 9.24. The lowest BCUT2D eigenvalue weighted by Gasteiger charge is -2.22. The molecule has 1 aliphatic rings. The van der Waals surface area contributed by atoms with E-state index >= 15 is 0 Å². The Morgan fingerprint density at radius 2 is 2.09 bits per heavy atom. The molecule has 1 amide bonds. The van der Waals surface area contributed by atoms with Crippen LogP contribution in [-0.2, 0) is 9.53 Å². The van der Waals surface area contributed by atoms with E-state index in [4.69, 9.17) is 4.74 Å². The van der Waals surface area contributed by atoms with Gasteiger partial charge in [-0.15, -0.1) is 0 Å². The van der Waals surface area contributed by atoms with E-state index in [1.54, 1.807) is 17.2 Å². The Morgan fingerprint density at radius 1 is 1.27 bits per heavy atom. The number of esters is 1. The summed E-state index contributed by atoms with van der Waals surface area (Å²) in [6.45, 7) is 2.78. The minimum absolute atomic E-state index is 0.0637. The SMILES string of the molecule is COC(=O)C1(C)CCN(C(=O)c2cccc3ncccc23)C1. The maximum Gasteiger partial charge on any atom is 0.313 e. The molecule has 1 saturated heterocycles. The summed E-state index contributed by atoms with van der Waals surface area (Å²) in [6.07, 6.45) is 2.33. The van der Waals surface area contributed by atoms with Crippen LogP contribution >= 0.6 is 0 Å². The van der Waals surface area contributed by atoms with Gasteiger partial charge in [-0.05, 0) is 31.5 Å². The highest BCUT2D eigenvalue weighted by atomic mass is 16.5. The van der Waals surface area contributed by atoms with Gasteiger partial charge in [-0.3, -0.25) is 14.6 Å². The molecule has 0 radical (unpaired) electrons. The van der Waals surface area contributed by atoms with E-state index in [1.807, 2.05) is 31.2 Å². The molecule has 1 aliphatic heterocycles. The number of pyridine rings is 1. The highest BCUT2D eigenvalue weighted by Gasteiger charge is 2.43. The molecule has 1 unspecified atom stereocenters. The van der Waals surface area contributed by atoms with Crippen LogP contribution in [0.2, 0.25) is 0 Å². The molecule has 1 atom stereocenters. The summed E-state index contributed by atoms with van der Waals surface area (Å²) in [5, 5.41) is 0.835. The summed E-state index contributed by atoms with van der Waals surface area (Å²) in [7, 11) is 1.38. The van der Waals surface area contributed by atoms with Gasteiger partial charge in [-0.2, -0.15) is 0 Å². The lowest BCUT2D eigenvalue weighted by molar-refractivity contribution is -0.150. The minimum atomic E-state index is -0.618. The summed E-state index contributed by atoms with van der Waals surface area (Å²) < 4.78 is 4.85. The first-order valence-corrected chi connectivity index (χ1v) is 7.26. The van der Waals surface area contributed by atoms with Crippen LogP contribution < -0.4 is 0 Å². The maximum absolute atomic E-state index is 12.8. The number of hydrogen-bond acceptors (Lipinski definition) is 4. The smallest absolute Gasteiger partial charge is 0.313 e. The molecule has 22 heavy (non-hydrogen) atoms. The van der Waals surface area contributed by atoms with Crippen LogP contribution in [0.4, 0.5) is 0 Å². The van der Waals surface area contributed by atoms with Gasteiger partial charge >= 0.3 is 5.97 Å². The standard InChI is InChI=1S/C17H18N2O3/c1-17(16(21)22-2)8-10-19(11-17)15(20)13-5-3-7-14-12(13)6-4-9-18-14/h3-7,9H,8,10-11H2,1-2H3. The van der Waals surface area contributed by atoms with Gasteiger partial charge in [-0.1, -0.05) is 12.1 Å². The van der Waals surface area contributed by atoms with E-state index in [-0.39, 0.29) is 11.9 Å². The van der Waals surface area contributed by atoms with Crippen molar-refractivity contribution in [2.75, 3.05) is 20.2 Å². The van der Waals surface area contributed by atoms with Crippen molar-refractivity contribution in [1.82, 2.24) is 9.88 Å². The summed E-state index contributed by atoms with van der Waals surface area (Å²) in [5.74, 6) is -0.325. The molecule has 0 N–H and O–H groups in total. The number of amides is 1. The van der Waals surface area contributed by atoms with Crippen LogP contribution in [0.3, 0.4) is 0 Å². The number of rotatable bonds is 2. The quantitative estimate of drug-likeness (QED) is 0.798. The highest BCUT2D eigenvalue weighted by molar-refractivity contribution is 6.06. The molecule has 0 bridgehead atoms. The first kappa shape index (κ1) is 14.5. The van der Waals surface area contributed by atoms with E-state index in [0.29, 0.717) is 25.1 Å². The molecular formula is C17H18N2O3. The average Bonchev–Trinajstić information content (AvgIpc) is 2.96. The van der Waals surface area contributed by atoms with Gasteiger partial charge in [0, 0.05) is 30.2 Å².